The van der Waals surface area contributed by atoms with Crippen molar-refractivity contribution in [3.8, 4) is 0 Å². The third kappa shape index (κ3) is 4.38. The minimum Gasteiger partial charge on any atom is -0.461 e. The number of esters is 1. The van der Waals surface area contributed by atoms with Crippen LogP contribution in [0.15, 0.2) is 48.5 Å². The highest BCUT2D eigenvalue weighted by atomic mass is 19.1. The molecule has 0 aromatic heterocycles. The summed E-state index contributed by atoms with van der Waals surface area (Å²) in [5.74, 6) is -0.807. The van der Waals surface area contributed by atoms with E-state index in [1.165, 1.54) is 48.5 Å². The molecule has 0 spiro atoms. The van der Waals surface area contributed by atoms with Gasteiger partial charge in [0.05, 0.1) is 11.3 Å². The van der Waals surface area contributed by atoms with Gasteiger partial charge >= 0.3 is 5.97 Å². The van der Waals surface area contributed by atoms with Crippen molar-refractivity contribution < 1.29 is 18.8 Å². The summed E-state index contributed by atoms with van der Waals surface area (Å²) in [6.45, 7) is 0.0397. The molecule has 0 radical (unpaired) electrons. The summed E-state index contributed by atoms with van der Waals surface area (Å²) in [7, 11) is 0. The number of ether oxygens (including phenoxy) is 1. The van der Waals surface area contributed by atoms with Gasteiger partial charge < -0.3 is 4.74 Å². The number of rotatable bonds is 5. The molecule has 0 N–H and O–H groups in total. The Hall–Kier alpha value is -2.76. The van der Waals surface area contributed by atoms with Crippen LogP contribution in [-0.2, 0) is 22.6 Å². The normalized spacial score (nSPS) is 10.1. The Kier molecular flexibility index (Phi) is 4.61. The Morgan fingerprint density at radius 3 is 2.19 bits per heavy atom. The number of benzene rings is 2. The second-order valence-electron chi connectivity index (χ2n) is 4.39. The van der Waals surface area contributed by atoms with E-state index in [0.29, 0.717) is 11.1 Å². The summed E-state index contributed by atoms with van der Waals surface area (Å²) in [6, 6.07) is 11.3. The van der Waals surface area contributed by atoms with Gasteiger partial charge in [0, 0.05) is 12.1 Å². The van der Waals surface area contributed by atoms with Crippen molar-refractivity contribution in [2.45, 2.75) is 13.0 Å². The maximum absolute atomic E-state index is 12.7. The lowest BCUT2D eigenvalue weighted by Gasteiger charge is -2.05. The van der Waals surface area contributed by atoms with Crippen LogP contribution < -0.4 is 0 Å². The van der Waals surface area contributed by atoms with Crippen LogP contribution in [0.3, 0.4) is 0 Å². The van der Waals surface area contributed by atoms with Crippen molar-refractivity contribution in [2.24, 2.45) is 0 Å². The molecule has 0 aliphatic rings. The van der Waals surface area contributed by atoms with Crippen LogP contribution >= 0.6 is 0 Å². The number of carbonyl (C=O) groups is 1. The van der Waals surface area contributed by atoms with Crippen LogP contribution in [0.25, 0.3) is 0 Å². The van der Waals surface area contributed by atoms with Gasteiger partial charge in [-0.25, -0.2) is 4.39 Å². The van der Waals surface area contributed by atoms with Crippen molar-refractivity contribution in [1.29, 1.82) is 0 Å². The molecule has 0 heterocycles. The molecule has 0 aliphatic heterocycles. The molecular formula is C15H12FNO4. The van der Waals surface area contributed by atoms with Crippen molar-refractivity contribution in [1.82, 2.24) is 0 Å². The van der Waals surface area contributed by atoms with Crippen LogP contribution in [-0.4, -0.2) is 10.9 Å². The SMILES string of the molecule is O=C(Cc1ccc(F)cc1)OCc1ccc([N+](=O)[O-])cc1. The van der Waals surface area contributed by atoms with E-state index < -0.39 is 10.9 Å². The summed E-state index contributed by atoms with van der Waals surface area (Å²) in [5, 5.41) is 10.5. The van der Waals surface area contributed by atoms with E-state index in [0.717, 1.165) is 0 Å². The molecule has 0 fully saturated rings. The molecular weight excluding hydrogens is 277 g/mol. The minimum absolute atomic E-state index is 0.0172. The average Bonchev–Trinajstić information content (AvgIpc) is 2.48. The fraction of sp³-hybridized carbons (Fsp3) is 0.133. The lowest BCUT2D eigenvalue weighted by Crippen LogP contribution is -2.08. The number of nitrogens with zero attached hydrogens (tertiary/aromatic N) is 1. The van der Waals surface area contributed by atoms with Gasteiger partial charge in [-0.1, -0.05) is 12.1 Å². The fourth-order valence-corrected chi connectivity index (χ4v) is 1.70. The van der Waals surface area contributed by atoms with Crippen molar-refractivity contribution in [3.63, 3.8) is 0 Å². The number of nitro groups is 1. The minimum atomic E-state index is -0.496. The summed E-state index contributed by atoms with van der Waals surface area (Å²) in [5.41, 5.74) is 1.30. The Balaban J connectivity index is 1.86. The monoisotopic (exact) mass is 289 g/mol. The summed E-state index contributed by atoms with van der Waals surface area (Å²) in [4.78, 5) is 21.6. The van der Waals surface area contributed by atoms with Gasteiger partial charge in [0.2, 0.25) is 0 Å². The molecule has 2 aromatic rings. The molecule has 108 valence electrons. The third-order valence-corrected chi connectivity index (χ3v) is 2.81. The van der Waals surface area contributed by atoms with Gasteiger partial charge in [0.25, 0.3) is 5.69 Å². The van der Waals surface area contributed by atoms with Gasteiger partial charge in [0.15, 0.2) is 0 Å². The maximum Gasteiger partial charge on any atom is 0.310 e. The second kappa shape index (κ2) is 6.60. The van der Waals surface area contributed by atoms with Gasteiger partial charge in [-0.3, -0.25) is 14.9 Å². The van der Waals surface area contributed by atoms with E-state index in [1.54, 1.807) is 0 Å². The predicted molar refractivity (Wildman–Crippen MR) is 73.0 cm³/mol. The molecule has 21 heavy (non-hydrogen) atoms. The lowest BCUT2D eigenvalue weighted by molar-refractivity contribution is -0.384. The maximum atomic E-state index is 12.7. The molecule has 0 saturated carbocycles. The highest BCUT2D eigenvalue weighted by Gasteiger charge is 2.07. The van der Waals surface area contributed by atoms with Crippen LogP contribution in [0.1, 0.15) is 11.1 Å². The van der Waals surface area contributed by atoms with Crippen LogP contribution in [0.5, 0.6) is 0 Å². The molecule has 0 atom stereocenters. The fourth-order valence-electron chi connectivity index (χ4n) is 1.70. The zero-order chi connectivity index (χ0) is 15.2. The Bertz CT molecular complexity index is 638. The molecule has 0 amide bonds. The molecule has 0 unspecified atom stereocenters. The smallest absolute Gasteiger partial charge is 0.310 e. The predicted octanol–water partition coefficient (Wildman–Crippen LogP) is 3.02. The largest absolute Gasteiger partial charge is 0.461 e. The van der Waals surface area contributed by atoms with E-state index >= 15 is 0 Å². The van der Waals surface area contributed by atoms with E-state index in [2.05, 4.69) is 0 Å². The zero-order valence-electron chi connectivity index (χ0n) is 11.0. The van der Waals surface area contributed by atoms with Crippen molar-refractivity contribution >= 4 is 11.7 Å². The number of hydrogen-bond acceptors (Lipinski definition) is 4. The van der Waals surface area contributed by atoms with E-state index in [-0.39, 0.29) is 24.5 Å². The first-order valence-electron chi connectivity index (χ1n) is 6.18. The van der Waals surface area contributed by atoms with Crippen LogP contribution in [0, 0.1) is 15.9 Å². The van der Waals surface area contributed by atoms with Gasteiger partial charge in [0.1, 0.15) is 12.4 Å². The molecule has 2 rings (SSSR count). The molecule has 2 aromatic carbocycles. The third-order valence-electron chi connectivity index (χ3n) is 2.81. The molecule has 0 saturated heterocycles. The first-order valence-corrected chi connectivity index (χ1v) is 6.18. The molecule has 0 bridgehead atoms. The van der Waals surface area contributed by atoms with Gasteiger partial charge in [-0.15, -0.1) is 0 Å². The number of nitro benzene ring substituents is 1. The summed E-state index contributed by atoms with van der Waals surface area (Å²) in [6.07, 6.45) is 0.0489. The summed E-state index contributed by atoms with van der Waals surface area (Å²) >= 11 is 0. The molecule has 0 aliphatic carbocycles. The lowest BCUT2D eigenvalue weighted by atomic mass is 10.1. The second-order valence-corrected chi connectivity index (χ2v) is 4.39. The number of carbonyl (C=O) groups excluding carboxylic acids is 1. The van der Waals surface area contributed by atoms with Gasteiger partial charge in [-0.2, -0.15) is 0 Å². The van der Waals surface area contributed by atoms with Crippen LogP contribution in [0.4, 0.5) is 10.1 Å². The Morgan fingerprint density at radius 1 is 1.05 bits per heavy atom. The molecule has 5 nitrogen and oxygen atoms in total. The number of non-ortho nitro benzene ring substituents is 1. The topological polar surface area (TPSA) is 69.4 Å². The Morgan fingerprint density at radius 2 is 1.62 bits per heavy atom. The standard InChI is InChI=1S/C15H12FNO4/c16-13-5-1-11(2-6-13)9-15(18)21-10-12-3-7-14(8-4-12)17(19)20/h1-8H,9-10H2. The van der Waals surface area contributed by atoms with Crippen molar-refractivity contribution in [2.75, 3.05) is 0 Å². The highest BCUT2D eigenvalue weighted by Crippen LogP contribution is 2.13. The Labute approximate surface area is 120 Å². The first kappa shape index (κ1) is 14.6. The van der Waals surface area contributed by atoms with E-state index in [1.807, 2.05) is 0 Å². The highest BCUT2D eigenvalue weighted by molar-refractivity contribution is 5.72. The van der Waals surface area contributed by atoms with E-state index in [9.17, 15) is 19.3 Å². The molecule has 6 heteroatoms. The number of hydrogen-bond donors (Lipinski definition) is 0. The first-order chi connectivity index (χ1) is 10.0. The van der Waals surface area contributed by atoms with E-state index in [4.69, 9.17) is 4.74 Å². The number of halogens is 1. The quantitative estimate of drug-likeness (QED) is 0.482. The van der Waals surface area contributed by atoms with Crippen LogP contribution in [0.2, 0.25) is 0 Å². The van der Waals surface area contributed by atoms with Crippen molar-refractivity contribution in [3.05, 3.63) is 75.6 Å². The van der Waals surface area contributed by atoms with Gasteiger partial charge in [-0.05, 0) is 35.4 Å². The average molecular weight is 289 g/mol. The zero-order valence-corrected chi connectivity index (χ0v) is 11.0. The summed E-state index contributed by atoms with van der Waals surface area (Å²) < 4.78 is 17.8.